The van der Waals surface area contributed by atoms with Crippen LogP contribution < -0.4 is 9.62 Å². The lowest BCUT2D eigenvalue weighted by Crippen LogP contribution is -2.32. The molecule has 0 saturated carbocycles. The van der Waals surface area contributed by atoms with Crippen molar-refractivity contribution < 1.29 is 27.5 Å². The minimum absolute atomic E-state index is 0.0702. The summed E-state index contributed by atoms with van der Waals surface area (Å²) in [5.74, 6) is -0.544. The van der Waals surface area contributed by atoms with Crippen LogP contribution in [-0.4, -0.2) is 46.3 Å². The van der Waals surface area contributed by atoms with Crippen LogP contribution in [0.2, 0.25) is 0 Å². The van der Waals surface area contributed by atoms with E-state index >= 15 is 0 Å². The molecule has 1 N–H and O–H groups in total. The summed E-state index contributed by atoms with van der Waals surface area (Å²) in [4.78, 5) is 24.6. The first kappa shape index (κ1) is 18.0. The lowest BCUT2D eigenvalue weighted by atomic mass is 10.3. The number of nitrogens with zero attached hydrogens (tertiary/aromatic N) is 1. The Hall–Kier alpha value is -1.81. The van der Waals surface area contributed by atoms with Crippen molar-refractivity contribution in [2.45, 2.75) is 36.9 Å². The fourth-order valence-corrected chi connectivity index (χ4v) is 3.78. The van der Waals surface area contributed by atoms with Crippen LogP contribution in [0.25, 0.3) is 0 Å². The molecule has 136 valence electrons. The summed E-state index contributed by atoms with van der Waals surface area (Å²) in [5, 5.41) is 0. The average Bonchev–Trinajstić information content (AvgIpc) is 2.94. The third-order valence-electron chi connectivity index (χ3n) is 4.03. The van der Waals surface area contributed by atoms with E-state index in [0.717, 1.165) is 11.3 Å². The zero-order valence-electron chi connectivity index (χ0n) is 13.6. The Balaban J connectivity index is 1.60. The third kappa shape index (κ3) is 4.24. The van der Waals surface area contributed by atoms with Crippen molar-refractivity contribution in [1.82, 2.24) is 4.72 Å². The second kappa shape index (κ2) is 7.61. The van der Waals surface area contributed by atoms with Gasteiger partial charge in [0.25, 0.3) is 0 Å². The highest BCUT2D eigenvalue weighted by molar-refractivity contribution is 7.89. The van der Waals surface area contributed by atoms with Crippen molar-refractivity contribution >= 4 is 27.5 Å². The standard InChI is InChI=1S/C16H20N2O6S/c19-14-6-7-15(20)18(14)12-2-4-13(5-3-12)25(21,22)17-9-8-16-23-10-1-11-24-16/h2-5,16-17H,1,6-11H2. The topological polar surface area (TPSA) is 102 Å². The summed E-state index contributed by atoms with van der Waals surface area (Å²) in [6.45, 7) is 1.43. The predicted octanol–water partition coefficient (Wildman–Crippen LogP) is 0.771. The average molecular weight is 368 g/mol. The van der Waals surface area contributed by atoms with Gasteiger partial charge in [-0.05, 0) is 30.7 Å². The number of hydrogen-bond acceptors (Lipinski definition) is 6. The molecule has 0 aliphatic carbocycles. The highest BCUT2D eigenvalue weighted by Crippen LogP contribution is 2.24. The zero-order valence-corrected chi connectivity index (χ0v) is 14.5. The summed E-state index contributed by atoms with van der Waals surface area (Å²) in [6.07, 6.45) is 1.26. The Morgan fingerprint density at radius 1 is 1.04 bits per heavy atom. The van der Waals surface area contributed by atoms with E-state index in [1.54, 1.807) is 0 Å². The molecule has 0 atom stereocenters. The number of ether oxygens (including phenoxy) is 2. The van der Waals surface area contributed by atoms with Gasteiger partial charge in [-0.25, -0.2) is 13.1 Å². The third-order valence-corrected chi connectivity index (χ3v) is 5.50. The van der Waals surface area contributed by atoms with Crippen LogP contribution >= 0.6 is 0 Å². The van der Waals surface area contributed by atoms with E-state index in [0.29, 0.717) is 25.3 Å². The van der Waals surface area contributed by atoms with E-state index in [4.69, 9.17) is 9.47 Å². The van der Waals surface area contributed by atoms with Gasteiger partial charge >= 0.3 is 0 Å². The lowest BCUT2D eigenvalue weighted by molar-refractivity contribution is -0.180. The number of amides is 2. The highest BCUT2D eigenvalue weighted by atomic mass is 32.2. The molecule has 2 saturated heterocycles. The van der Waals surface area contributed by atoms with E-state index in [1.165, 1.54) is 24.3 Å². The van der Waals surface area contributed by atoms with E-state index in [9.17, 15) is 18.0 Å². The number of carbonyl (C=O) groups is 2. The van der Waals surface area contributed by atoms with Gasteiger partial charge in [0, 0.05) is 25.8 Å². The molecule has 2 heterocycles. The maximum atomic E-state index is 12.3. The Labute approximate surface area is 146 Å². The van der Waals surface area contributed by atoms with Crippen LogP contribution in [0.4, 0.5) is 5.69 Å². The molecule has 0 bridgehead atoms. The molecule has 0 radical (unpaired) electrons. The molecule has 1 aromatic carbocycles. The summed E-state index contributed by atoms with van der Waals surface area (Å²) >= 11 is 0. The first-order valence-corrected chi connectivity index (χ1v) is 9.64. The molecule has 2 amide bonds. The molecule has 2 aliphatic rings. The predicted molar refractivity (Wildman–Crippen MR) is 88.3 cm³/mol. The van der Waals surface area contributed by atoms with E-state index in [1.807, 2.05) is 0 Å². The maximum absolute atomic E-state index is 12.3. The van der Waals surface area contributed by atoms with Crippen LogP contribution in [-0.2, 0) is 29.1 Å². The molecule has 0 aromatic heterocycles. The van der Waals surface area contributed by atoms with Crippen molar-refractivity contribution in [3.63, 3.8) is 0 Å². The number of imide groups is 1. The van der Waals surface area contributed by atoms with Crippen LogP contribution in [0.15, 0.2) is 29.2 Å². The quantitative estimate of drug-likeness (QED) is 0.744. The van der Waals surface area contributed by atoms with Gasteiger partial charge in [0.15, 0.2) is 6.29 Å². The molecule has 3 rings (SSSR count). The molecule has 2 fully saturated rings. The first-order valence-electron chi connectivity index (χ1n) is 8.16. The minimum atomic E-state index is -3.68. The van der Waals surface area contributed by atoms with E-state index in [2.05, 4.69) is 4.72 Å². The van der Waals surface area contributed by atoms with Crippen LogP contribution in [0.5, 0.6) is 0 Å². The van der Waals surface area contributed by atoms with Gasteiger partial charge in [-0.15, -0.1) is 0 Å². The number of nitrogens with one attached hydrogen (secondary N) is 1. The molecule has 25 heavy (non-hydrogen) atoms. The van der Waals surface area contributed by atoms with Gasteiger partial charge in [0.05, 0.1) is 23.8 Å². The second-order valence-electron chi connectivity index (χ2n) is 5.83. The molecule has 1 aromatic rings. The van der Waals surface area contributed by atoms with Crippen molar-refractivity contribution in [2.24, 2.45) is 0 Å². The Bertz CT molecular complexity index is 724. The summed E-state index contributed by atoms with van der Waals surface area (Å²) in [6, 6.07) is 5.68. The number of carbonyl (C=O) groups excluding carboxylic acids is 2. The zero-order chi connectivity index (χ0) is 17.9. The first-order chi connectivity index (χ1) is 12.0. The molecule has 8 nitrogen and oxygen atoms in total. The van der Waals surface area contributed by atoms with Gasteiger partial charge in [-0.1, -0.05) is 0 Å². The van der Waals surface area contributed by atoms with Crippen molar-refractivity contribution in [1.29, 1.82) is 0 Å². The minimum Gasteiger partial charge on any atom is -0.353 e. The highest BCUT2D eigenvalue weighted by Gasteiger charge is 2.30. The normalized spacial score (nSPS) is 19.6. The second-order valence-corrected chi connectivity index (χ2v) is 7.59. The number of sulfonamides is 1. The van der Waals surface area contributed by atoms with Crippen molar-refractivity contribution in [3.8, 4) is 0 Å². The van der Waals surface area contributed by atoms with E-state index in [-0.39, 0.29) is 42.4 Å². The lowest BCUT2D eigenvalue weighted by Gasteiger charge is -2.23. The SMILES string of the molecule is O=C1CCC(=O)N1c1ccc(S(=O)(=O)NCCC2OCCCO2)cc1. The molecular formula is C16H20N2O6S. The van der Waals surface area contributed by atoms with Gasteiger partial charge < -0.3 is 9.47 Å². The molecule has 0 unspecified atom stereocenters. The number of rotatable bonds is 6. The molecular weight excluding hydrogens is 348 g/mol. The van der Waals surface area contributed by atoms with Crippen molar-refractivity contribution in [3.05, 3.63) is 24.3 Å². The molecule has 0 spiro atoms. The Morgan fingerprint density at radius 2 is 1.64 bits per heavy atom. The van der Waals surface area contributed by atoms with Crippen LogP contribution in [0, 0.1) is 0 Å². The summed E-state index contributed by atoms with van der Waals surface area (Å²) in [7, 11) is -3.68. The smallest absolute Gasteiger partial charge is 0.240 e. The van der Waals surface area contributed by atoms with Crippen molar-refractivity contribution in [2.75, 3.05) is 24.7 Å². The van der Waals surface area contributed by atoms with E-state index < -0.39 is 10.0 Å². The summed E-state index contributed by atoms with van der Waals surface area (Å²) < 4.78 is 37.8. The van der Waals surface area contributed by atoms with Gasteiger partial charge in [-0.2, -0.15) is 0 Å². The number of benzene rings is 1. The fourth-order valence-electron chi connectivity index (χ4n) is 2.74. The van der Waals surface area contributed by atoms with Crippen LogP contribution in [0.3, 0.4) is 0 Å². The van der Waals surface area contributed by atoms with Gasteiger partial charge in [0.2, 0.25) is 21.8 Å². The Morgan fingerprint density at radius 3 is 2.24 bits per heavy atom. The van der Waals surface area contributed by atoms with Crippen LogP contribution in [0.1, 0.15) is 25.7 Å². The Kier molecular flexibility index (Phi) is 5.48. The number of hydrogen-bond donors (Lipinski definition) is 1. The monoisotopic (exact) mass is 368 g/mol. The number of anilines is 1. The molecule has 9 heteroatoms. The largest absolute Gasteiger partial charge is 0.353 e. The summed E-state index contributed by atoms with van der Waals surface area (Å²) in [5.41, 5.74) is 0.385. The molecule has 2 aliphatic heterocycles. The van der Waals surface area contributed by atoms with Gasteiger partial charge in [-0.3, -0.25) is 14.5 Å². The fraction of sp³-hybridized carbons (Fsp3) is 0.500. The van der Waals surface area contributed by atoms with Gasteiger partial charge in [0.1, 0.15) is 0 Å². The maximum Gasteiger partial charge on any atom is 0.240 e.